The summed E-state index contributed by atoms with van der Waals surface area (Å²) >= 11 is 0. The van der Waals surface area contributed by atoms with Gasteiger partial charge in [-0.2, -0.15) is 5.26 Å². The Morgan fingerprint density at radius 2 is 1.86 bits per heavy atom. The standard InChI is InChI=1S/C27H32N4O4/c28-16-27(10-3-11-27)18-14-30(15-18)21-4-1-2-5-23(21)35-19-6-7-20-17(12-19)13-31(26(20)34)22-8-9-24(32)29-25(22)33/h6-7,12,18,21-23H,1-5,8-11,13-15H2,(H,29,32,33)/t21-,22?,23-/m0/s1. The number of benzene rings is 1. The number of hydrogen-bond donors (Lipinski definition) is 1. The van der Waals surface area contributed by atoms with Crippen LogP contribution < -0.4 is 10.1 Å². The smallest absolute Gasteiger partial charge is 0.255 e. The van der Waals surface area contributed by atoms with E-state index in [4.69, 9.17) is 4.74 Å². The molecule has 3 atom stereocenters. The Balaban J connectivity index is 1.12. The molecule has 2 aliphatic carbocycles. The van der Waals surface area contributed by atoms with Crippen molar-refractivity contribution >= 4 is 17.7 Å². The molecule has 0 radical (unpaired) electrons. The van der Waals surface area contributed by atoms with Crippen molar-refractivity contribution in [2.45, 2.75) is 82.5 Å². The van der Waals surface area contributed by atoms with E-state index in [9.17, 15) is 19.6 Å². The summed E-state index contributed by atoms with van der Waals surface area (Å²) in [5.74, 6) is 0.427. The van der Waals surface area contributed by atoms with E-state index in [1.165, 1.54) is 12.8 Å². The molecule has 1 N–H and O–H groups in total. The summed E-state index contributed by atoms with van der Waals surface area (Å²) in [6.07, 6.45) is 8.47. The van der Waals surface area contributed by atoms with Crippen LogP contribution in [0, 0.1) is 22.7 Å². The summed E-state index contributed by atoms with van der Waals surface area (Å²) in [6, 6.07) is 8.01. The first-order valence-electron chi connectivity index (χ1n) is 13.1. The van der Waals surface area contributed by atoms with Crippen molar-refractivity contribution in [1.82, 2.24) is 15.1 Å². The zero-order valence-corrected chi connectivity index (χ0v) is 20.0. The molecule has 5 aliphatic rings. The van der Waals surface area contributed by atoms with E-state index < -0.39 is 11.9 Å². The van der Waals surface area contributed by atoms with Crippen molar-refractivity contribution in [3.8, 4) is 11.8 Å². The molecule has 2 saturated carbocycles. The quantitative estimate of drug-likeness (QED) is 0.656. The van der Waals surface area contributed by atoms with Gasteiger partial charge in [-0.3, -0.25) is 24.6 Å². The Hall–Kier alpha value is -2.92. The van der Waals surface area contributed by atoms with E-state index in [2.05, 4.69) is 16.3 Å². The maximum Gasteiger partial charge on any atom is 0.255 e. The second-order valence-corrected chi connectivity index (χ2v) is 11.0. The molecule has 35 heavy (non-hydrogen) atoms. The molecular weight excluding hydrogens is 444 g/mol. The highest BCUT2D eigenvalue weighted by Crippen LogP contribution is 2.50. The van der Waals surface area contributed by atoms with E-state index in [0.29, 0.717) is 30.5 Å². The molecule has 0 aromatic heterocycles. The van der Waals surface area contributed by atoms with Crippen molar-refractivity contribution in [2.24, 2.45) is 11.3 Å². The Morgan fingerprint density at radius 3 is 2.57 bits per heavy atom. The van der Waals surface area contributed by atoms with E-state index in [1.54, 1.807) is 4.90 Å². The molecule has 3 aliphatic heterocycles. The highest BCUT2D eigenvalue weighted by molar-refractivity contribution is 6.05. The summed E-state index contributed by atoms with van der Waals surface area (Å²) in [5, 5.41) is 12.0. The number of likely N-dealkylation sites (tertiary alicyclic amines) is 1. The number of imide groups is 1. The number of ether oxygens (including phenoxy) is 1. The van der Waals surface area contributed by atoms with Gasteiger partial charge in [0, 0.05) is 43.6 Å². The molecule has 1 unspecified atom stereocenters. The van der Waals surface area contributed by atoms with E-state index in [1.807, 2.05) is 18.2 Å². The summed E-state index contributed by atoms with van der Waals surface area (Å²) in [5.41, 5.74) is 1.40. The first-order valence-corrected chi connectivity index (χ1v) is 13.1. The van der Waals surface area contributed by atoms with E-state index in [0.717, 1.165) is 56.5 Å². The number of nitrogens with zero attached hydrogens (tertiary/aromatic N) is 3. The van der Waals surface area contributed by atoms with Crippen molar-refractivity contribution < 1.29 is 19.1 Å². The van der Waals surface area contributed by atoms with Gasteiger partial charge in [0.15, 0.2) is 0 Å². The zero-order chi connectivity index (χ0) is 24.2. The number of rotatable bonds is 5. The lowest BCUT2D eigenvalue weighted by Gasteiger charge is -2.55. The number of carbonyl (C=O) groups is 3. The van der Waals surface area contributed by atoms with E-state index in [-0.39, 0.29) is 29.8 Å². The number of carbonyl (C=O) groups excluding carboxylic acids is 3. The third kappa shape index (κ3) is 3.81. The van der Waals surface area contributed by atoms with Gasteiger partial charge in [-0.05, 0) is 62.3 Å². The van der Waals surface area contributed by atoms with Crippen LogP contribution in [0.5, 0.6) is 5.75 Å². The van der Waals surface area contributed by atoms with Crippen LogP contribution in [0.1, 0.15) is 73.7 Å². The molecule has 1 aromatic rings. The predicted octanol–water partition coefficient (Wildman–Crippen LogP) is 2.76. The highest BCUT2D eigenvalue weighted by Gasteiger charge is 2.51. The van der Waals surface area contributed by atoms with Crippen LogP contribution in [-0.2, 0) is 16.1 Å². The van der Waals surface area contributed by atoms with Gasteiger partial charge in [0.25, 0.3) is 5.91 Å². The van der Waals surface area contributed by atoms with Crippen LogP contribution in [0.2, 0.25) is 0 Å². The molecule has 6 rings (SSSR count). The maximum absolute atomic E-state index is 13.0. The molecule has 0 bridgehead atoms. The molecule has 4 fully saturated rings. The number of nitriles is 1. The third-order valence-electron chi connectivity index (χ3n) is 9.08. The number of fused-ring (bicyclic) bond motifs is 1. The molecule has 8 heteroatoms. The number of nitrogens with one attached hydrogen (secondary N) is 1. The molecular formula is C27H32N4O4. The topological polar surface area (TPSA) is 103 Å². The summed E-state index contributed by atoms with van der Waals surface area (Å²) in [7, 11) is 0. The largest absolute Gasteiger partial charge is 0.489 e. The molecule has 3 heterocycles. The van der Waals surface area contributed by atoms with Crippen LogP contribution >= 0.6 is 0 Å². The minimum absolute atomic E-state index is 0.0809. The van der Waals surface area contributed by atoms with Gasteiger partial charge >= 0.3 is 0 Å². The maximum atomic E-state index is 13.0. The third-order valence-corrected chi connectivity index (χ3v) is 9.08. The molecule has 0 spiro atoms. The van der Waals surface area contributed by atoms with Gasteiger partial charge in [0.05, 0.1) is 11.5 Å². The first kappa shape index (κ1) is 22.5. The highest BCUT2D eigenvalue weighted by atomic mass is 16.5. The first-order chi connectivity index (χ1) is 17.0. The van der Waals surface area contributed by atoms with Crippen molar-refractivity contribution in [3.63, 3.8) is 0 Å². The molecule has 184 valence electrons. The average molecular weight is 477 g/mol. The lowest BCUT2D eigenvalue weighted by molar-refractivity contribution is -0.136. The van der Waals surface area contributed by atoms with Gasteiger partial charge < -0.3 is 9.64 Å². The van der Waals surface area contributed by atoms with Crippen LogP contribution in [0.4, 0.5) is 0 Å². The second kappa shape index (κ2) is 8.63. The Labute approximate surface area is 205 Å². The van der Waals surface area contributed by atoms with Crippen LogP contribution in [-0.4, -0.2) is 58.8 Å². The fourth-order valence-corrected chi connectivity index (χ4v) is 6.73. The Morgan fingerprint density at radius 1 is 1.06 bits per heavy atom. The number of piperidine rings is 1. The van der Waals surface area contributed by atoms with Crippen molar-refractivity contribution in [1.29, 1.82) is 5.26 Å². The van der Waals surface area contributed by atoms with Crippen molar-refractivity contribution in [2.75, 3.05) is 13.1 Å². The fraction of sp³-hybridized carbons (Fsp3) is 0.630. The lowest BCUT2D eigenvalue weighted by Crippen LogP contribution is -2.62. The molecule has 2 saturated heterocycles. The van der Waals surface area contributed by atoms with Crippen LogP contribution in [0.25, 0.3) is 0 Å². The summed E-state index contributed by atoms with van der Waals surface area (Å²) in [6.45, 7) is 2.35. The van der Waals surface area contributed by atoms with Gasteiger partial charge in [-0.15, -0.1) is 0 Å². The van der Waals surface area contributed by atoms with Gasteiger partial charge in [-0.25, -0.2) is 0 Å². The normalized spacial score (nSPS) is 30.7. The lowest BCUT2D eigenvalue weighted by atomic mass is 9.59. The summed E-state index contributed by atoms with van der Waals surface area (Å²) in [4.78, 5) is 40.9. The average Bonchev–Trinajstić information content (AvgIpc) is 3.11. The Kier molecular flexibility index (Phi) is 5.56. The number of amides is 3. The second-order valence-electron chi connectivity index (χ2n) is 11.0. The van der Waals surface area contributed by atoms with Crippen LogP contribution in [0.3, 0.4) is 0 Å². The predicted molar refractivity (Wildman–Crippen MR) is 126 cm³/mol. The monoisotopic (exact) mass is 476 g/mol. The number of hydrogen-bond acceptors (Lipinski definition) is 6. The molecule has 3 amide bonds. The molecule has 1 aromatic carbocycles. The van der Waals surface area contributed by atoms with Crippen LogP contribution in [0.15, 0.2) is 18.2 Å². The summed E-state index contributed by atoms with van der Waals surface area (Å²) < 4.78 is 6.53. The fourth-order valence-electron chi connectivity index (χ4n) is 6.73. The minimum atomic E-state index is -0.605. The SMILES string of the molecule is N#CC1(C2CN([C@H]3CCCC[C@@H]3Oc3ccc4c(c3)CN(C3CCC(=O)NC3=O)C4=O)C2)CCC1. The van der Waals surface area contributed by atoms with Crippen molar-refractivity contribution in [3.05, 3.63) is 29.3 Å². The molecule has 8 nitrogen and oxygen atoms in total. The van der Waals surface area contributed by atoms with Gasteiger partial charge in [0.1, 0.15) is 17.9 Å². The van der Waals surface area contributed by atoms with E-state index >= 15 is 0 Å². The minimum Gasteiger partial charge on any atom is -0.489 e. The van der Waals surface area contributed by atoms with Gasteiger partial charge in [-0.1, -0.05) is 12.8 Å². The Bertz CT molecular complexity index is 1100. The zero-order valence-electron chi connectivity index (χ0n) is 20.0. The van der Waals surface area contributed by atoms with Gasteiger partial charge in [0.2, 0.25) is 11.8 Å².